The Bertz CT molecular complexity index is 665. The molecule has 21 heavy (non-hydrogen) atoms. The van der Waals surface area contributed by atoms with Gasteiger partial charge in [0.25, 0.3) is 5.91 Å². The fourth-order valence-corrected chi connectivity index (χ4v) is 1.73. The van der Waals surface area contributed by atoms with Crippen molar-refractivity contribution in [1.82, 2.24) is 10.9 Å². The van der Waals surface area contributed by atoms with E-state index in [0.29, 0.717) is 22.8 Å². The Labute approximate surface area is 120 Å². The van der Waals surface area contributed by atoms with Crippen LogP contribution in [0.1, 0.15) is 21.9 Å². The van der Waals surface area contributed by atoms with E-state index in [2.05, 4.69) is 16.2 Å². The number of hydrogen-bond acceptors (Lipinski definition) is 3. The lowest BCUT2D eigenvalue weighted by atomic mass is 10.2. The van der Waals surface area contributed by atoms with Crippen molar-refractivity contribution < 1.29 is 18.4 Å². The van der Waals surface area contributed by atoms with Crippen LogP contribution in [-0.4, -0.2) is 11.9 Å². The van der Waals surface area contributed by atoms with Crippen LogP contribution in [0.5, 0.6) is 0 Å². The summed E-state index contributed by atoms with van der Waals surface area (Å²) in [6.45, 7) is 3.37. The first-order valence-electron chi connectivity index (χ1n) is 6.15. The molecule has 0 fully saturated rings. The molecule has 3 N–H and O–H groups in total. The first-order valence-corrected chi connectivity index (χ1v) is 6.15. The quantitative estimate of drug-likeness (QED) is 0.743. The Morgan fingerprint density at radius 2 is 1.76 bits per heavy atom. The van der Waals surface area contributed by atoms with E-state index < -0.39 is 17.8 Å². The van der Waals surface area contributed by atoms with E-state index >= 15 is 0 Å². The summed E-state index contributed by atoms with van der Waals surface area (Å²) < 4.78 is 17.9. The number of aryl methyl sites for hydroxylation is 2. The Morgan fingerprint density at radius 1 is 1.10 bits per heavy atom. The third-order valence-corrected chi connectivity index (χ3v) is 2.68. The van der Waals surface area contributed by atoms with Crippen LogP contribution in [0, 0.1) is 19.7 Å². The molecule has 0 saturated heterocycles. The zero-order valence-electron chi connectivity index (χ0n) is 11.5. The highest BCUT2D eigenvalue weighted by Gasteiger charge is 2.13. The number of furan rings is 1. The molecule has 6 nitrogen and oxygen atoms in total. The van der Waals surface area contributed by atoms with Gasteiger partial charge < -0.3 is 9.73 Å². The summed E-state index contributed by atoms with van der Waals surface area (Å²) in [4.78, 5) is 23.4. The third kappa shape index (κ3) is 3.82. The van der Waals surface area contributed by atoms with Crippen molar-refractivity contribution in [3.63, 3.8) is 0 Å². The minimum absolute atomic E-state index is 0.342. The van der Waals surface area contributed by atoms with Gasteiger partial charge in [0.1, 0.15) is 17.3 Å². The molecule has 0 aliphatic carbocycles. The summed E-state index contributed by atoms with van der Waals surface area (Å²) in [5, 5.41) is 2.44. The molecule has 1 aromatic heterocycles. The zero-order valence-corrected chi connectivity index (χ0v) is 11.5. The van der Waals surface area contributed by atoms with Crippen molar-refractivity contribution in [1.29, 1.82) is 0 Å². The zero-order chi connectivity index (χ0) is 15.4. The topological polar surface area (TPSA) is 83.4 Å². The number of carbonyl (C=O) groups excluding carboxylic acids is 2. The maximum atomic E-state index is 12.7. The summed E-state index contributed by atoms with van der Waals surface area (Å²) in [6.07, 6.45) is 0. The number of nitrogens with one attached hydrogen (secondary N) is 3. The van der Waals surface area contributed by atoms with Gasteiger partial charge in [0, 0.05) is 5.69 Å². The SMILES string of the molecule is Cc1cc(C(=O)NNC(=O)Nc2ccc(F)cc2)c(C)o1. The number of hydrazine groups is 1. The minimum atomic E-state index is -0.646. The van der Waals surface area contributed by atoms with Crippen LogP contribution < -0.4 is 16.2 Å². The average Bonchev–Trinajstić information content (AvgIpc) is 2.78. The smallest absolute Gasteiger partial charge is 0.337 e. The van der Waals surface area contributed by atoms with Crippen molar-refractivity contribution in [3.8, 4) is 0 Å². The molecule has 1 heterocycles. The van der Waals surface area contributed by atoms with Crippen molar-refractivity contribution >= 4 is 17.6 Å². The second-order valence-electron chi connectivity index (χ2n) is 4.37. The molecule has 0 aliphatic heterocycles. The van der Waals surface area contributed by atoms with E-state index in [4.69, 9.17) is 4.42 Å². The van der Waals surface area contributed by atoms with Crippen LogP contribution in [-0.2, 0) is 0 Å². The highest BCUT2D eigenvalue weighted by Crippen LogP contribution is 2.13. The molecule has 7 heteroatoms. The molecular formula is C14H14FN3O3. The molecule has 2 rings (SSSR count). The first-order chi connectivity index (χ1) is 9.95. The lowest BCUT2D eigenvalue weighted by molar-refractivity contribution is 0.0936. The van der Waals surface area contributed by atoms with Crippen molar-refractivity contribution in [3.05, 3.63) is 53.2 Å². The number of hydrogen-bond donors (Lipinski definition) is 3. The molecule has 2 aromatic rings. The van der Waals surface area contributed by atoms with E-state index in [1.54, 1.807) is 19.9 Å². The number of amides is 3. The second kappa shape index (κ2) is 6.08. The monoisotopic (exact) mass is 291 g/mol. The second-order valence-corrected chi connectivity index (χ2v) is 4.37. The number of anilines is 1. The molecule has 1 aromatic carbocycles. The lowest BCUT2D eigenvalue weighted by Crippen LogP contribution is -2.44. The summed E-state index contributed by atoms with van der Waals surface area (Å²) in [6, 6.07) is 6.16. The van der Waals surface area contributed by atoms with Gasteiger partial charge in [-0.25, -0.2) is 14.6 Å². The largest absolute Gasteiger partial charge is 0.466 e. The Hall–Kier alpha value is -2.83. The predicted octanol–water partition coefficient (Wildman–Crippen LogP) is 2.50. The van der Waals surface area contributed by atoms with Gasteiger partial charge in [0.2, 0.25) is 0 Å². The van der Waals surface area contributed by atoms with Crippen LogP contribution >= 0.6 is 0 Å². The minimum Gasteiger partial charge on any atom is -0.466 e. The fraction of sp³-hybridized carbons (Fsp3) is 0.143. The number of benzene rings is 1. The molecule has 0 bridgehead atoms. The van der Waals surface area contributed by atoms with Crippen LogP contribution in [0.3, 0.4) is 0 Å². The van der Waals surface area contributed by atoms with Crippen molar-refractivity contribution in [2.75, 3.05) is 5.32 Å². The van der Waals surface area contributed by atoms with E-state index in [1.807, 2.05) is 0 Å². The first kappa shape index (κ1) is 14.6. The highest BCUT2D eigenvalue weighted by atomic mass is 19.1. The van der Waals surface area contributed by atoms with Crippen molar-refractivity contribution in [2.45, 2.75) is 13.8 Å². The standard InChI is InChI=1S/C14H14FN3O3/c1-8-7-12(9(2)21-8)13(19)17-18-14(20)16-11-5-3-10(15)4-6-11/h3-7H,1-2H3,(H,17,19)(H2,16,18,20). The molecule has 0 saturated carbocycles. The maximum Gasteiger partial charge on any atom is 0.337 e. The van der Waals surface area contributed by atoms with Gasteiger partial charge in [0.05, 0.1) is 5.56 Å². The van der Waals surface area contributed by atoms with Crippen molar-refractivity contribution in [2.24, 2.45) is 0 Å². The van der Waals surface area contributed by atoms with Gasteiger partial charge in [-0.3, -0.25) is 10.2 Å². The van der Waals surface area contributed by atoms with Crippen LogP contribution in [0.25, 0.3) is 0 Å². The normalized spacial score (nSPS) is 10.0. The van der Waals surface area contributed by atoms with Gasteiger partial charge in [-0.05, 0) is 44.2 Å². The third-order valence-electron chi connectivity index (χ3n) is 2.68. The molecule has 0 aliphatic rings. The summed E-state index contributed by atoms with van der Waals surface area (Å²) in [5.74, 6) is 0.179. The van der Waals surface area contributed by atoms with E-state index in [1.165, 1.54) is 24.3 Å². The van der Waals surface area contributed by atoms with E-state index in [-0.39, 0.29) is 0 Å². The van der Waals surface area contributed by atoms with Crippen LogP contribution in [0.4, 0.5) is 14.9 Å². The van der Waals surface area contributed by atoms with Crippen LogP contribution in [0.15, 0.2) is 34.7 Å². The summed E-state index contributed by atoms with van der Waals surface area (Å²) in [5.41, 5.74) is 5.19. The van der Waals surface area contributed by atoms with E-state index in [0.717, 1.165) is 0 Å². The van der Waals surface area contributed by atoms with Crippen LogP contribution in [0.2, 0.25) is 0 Å². The number of halogens is 1. The summed E-state index contributed by atoms with van der Waals surface area (Å²) in [7, 11) is 0. The molecule has 3 amide bonds. The van der Waals surface area contributed by atoms with Gasteiger partial charge >= 0.3 is 6.03 Å². The van der Waals surface area contributed by atoms with E-state index in [9.17, 15) is 14.0 Å². The van der Waals surface area contributed by atoms with Gasteiger partial charge in [-0.1, -0.05) is 0 Å². The molecular weight excluding hydrogens is 277 g/mol. The van der Waals surface area contributed by atoms with Gasteiger partial charge in [0.15, 0.2) is 0 Å². The maximum absolute atomic E-state index is 12.7. The number of urea groups is 1. The number of rotatable bonds is 2. The fourth-order valence-electron chi connectivity index (χ4n) is 1.73. The average molecular weight is 291 g/mol. The Morgan fingerprint density at radius 3 is 2.33 bits per heavy atom. The lowest BCUT2D eigenvalue weighted by Gasteiger charge is -2.08. The molecule has 0 spiro atoms. The Balaban J connectivity index is 1.88. The predicted molar refractivity (Wildman–Crippen MR) is 74.2 cm³/mol. The van der Waals surface area contributed by atoms with Gasteiger partial charge in [-0.15, -0.1) is 0 Å². The Kier molecular flexibility index (Phi) is 4.22. The number of carbonyl (C=O) groups is 2. The summed E-state index contributed by atoms with van der Waals surface area (Å²) >= 11 is 0. The molecule has 0 radical (unpaired) electrons. The molecule has 0 atom stereocenters. The van der Waals surface area contributed by atoms with Gasteiger partial charge in [-0.2, -0.15) is 0 Å². The molecule has 110 valence electrons. The highest BCUT2D eigenvalue weighted by molar-refractivity contribution is 5.97. The molecule has 0 unspecified atom stereocenters.